The number of halogens is 2. The molecule has 0 saturated heterocycles. The molecule has 1 nitrogen and oxygen atoms in total. The maximum Gasteiger partial charge on any atom is 0.126 e. The molecule has 0 amide bonds. The Balaban J connectivity index is 3.00. The summed E-state index contributed by atoms with van der Waals surface area (Å²) in [5, 5.41) is 0. The Hall–Kier alpha value is -0.600. The summed E-state index contributed by atoms with van der Waals surface area (Å²) in [6.07, 6.45) is 0. The number of benzene rings is 1. The van der Waals surface area contributed by atoms with Gasteiger partial charge in [0.15, 0.2) is 0 Å². The van der Waals surface area contributed by atoms with Crippen LogP contribution in [0.3, 0.4) is 0 Å². The molecule has 78 valence electrons. The van der Waals surface area contributed by atoms with Gasteiger partial charge in [0, 0.05) is 11.9 Å². The highest BCUT2D eigenvalue weighted by molar-refractivity contribution is 6.18. The first-order valence-electron chi connectivity index (χ1n) is 4.54. The van der Waals surface area contributed by atoms with Crippen LogP contribution in [0.15, 0.2) is 18.2 Å². The third kappa shape index (κ3) is 2.46. The molecule has 0 spiro atoms. The van der Waals surface area contributed by atoms with Crippen molar-refractivity contribution in [2.75, 3.05) is 20.0 Å². The van der Waals surface area contributed by atoms with Crippen LogP contribution in [0.25, 0.3) is 0 Å². The van der Waals surface area contributed by atoms with Crippen LogP contribution in [0.2, 0.25) is 0 Å². The first kappa shape index (κ1) is 11.5. The van der Waals surface area contributed by atoms with E-state index in [4.69, 9.17) is 11.6 Å². The van der Waals surface area contributed by atoms with E-state index in [-0.39, 0.29) is 11.9 Å². The summed E-state index contributed by atoms with van der Waals surface area (Å²) in [6, 6.07) is 5.28. The van der Waals surface area contributed by atoms with Gasteiger partial charge >= 0.3 is 0 Å². The molecule has 0 bridgehead atoms. The van der Waals surface area contributed by atoms with E-state index in [9.17, 15) is 4.39 Å². The van der Waals surface area contributed by atoms with Crippen molar-refractivity contribution in [3.8, 4) is 0 Å². The van der Waals surface area contributed by atoms with E-state index < -0.39 is 0 Å². The summed E-state index contributed by atoms with van der Waals surface area (Å²) < 4.78 is 13.0. The lowest BCUT2D eigenvalue weighted by Crippen LogP contribution is -2.21. The van der Waals surface area contributed by atoms with Crippen molar-refractivity contribution >= 4 is 11.6 Å². The standard InChI is InChI=1S/C11H15ClFN/c1-8-6-9(4-5-10(8)13)11(7-12)14(2)3/h4-6,11H,7H2,1-3H3. The minimum absolute atomic E-state index is 0.149. The Kier molecular flexibility index (Phi) is 3.90. The maximum absolute atomic E-state index is 13.0. The Morgan fingerprint density at radius 1 is 1.43 bits per heavy atom. The highest BCUT2D eigenvalue weighted by Gasteiger charge is 2.13. The molecule has 0 fully saturated rings. The van der Waals surface area contributed by atoms with Gasteiger partial charge in [-0.2, -0.15) is 0 Å². The zero-order chi connectivity index (χ0) is 10.7. The van der Waals surface area contributed by atoms with Gasteiger partial charge in [0.05, 0.1) is 0 Å². The minimum Gasteiger partial charge on any atom is -0.301 e. The van der Waals surface area contributed by atoms with Crippen LogP contribution < -0.4 is 0 Å². The Morgan fingerprint density at radius 3 is 2.50 bits per heavy atom. The first-order valence-corrected chi connectivity index (χ1v) is 5.08. The third-order valence-electron chi connectivity index (χ3n) is 2.34. The molecule has 0 aliphatic heterocycles. The maximum atomic E-state index is 13.0. The second-order valence-electron chi connectivity index (χ2n) is 3.64. The van der Waals surface area contributed by atoms with Gasteiger partial charge in [0.25, 0.3) is 0 Å². The van der Waals surface area contributed by atoms with Gasteiger partial charge in [-0.15, -0.1) is 11.6 Å². The molecule has 3 heteroatoms. The number of nitrogens with zero attached hydrogens (tertiary/aromatic N) is 1. The lowest BCUT2D eigenvalue weighted by atomic mass is 10.0. The molecule has 0 aliphatic carbocycles. The lowest BCUT2D eigenvalue weighted by molar-refractivity contribution is 0.324. The fraction of sp³-hybridized carbons (Fsp3) is 0.455. The molecule has 1 unspecified atom stereocenters. The van der Waals surface area contributed by atoms with Gasteiger partial charge < -0.3 is 4.90 Å². The number of rotatable bonds is 3. The molecule has 1 rings (SSSR count). The molecule has 0 saturated carbocycles. The van der Waals surface area contributed by atoms with Crippen LogP contribution in [0.5, 0.6) is 0 Å². The van der Waals surface area contributed by atoms with Crippen molar-refractivity contribution in [3.63, 3.8) is 0 Å². The summed E-state index contributed by atoms with van der Waals surface area (Å²) in [5.41, 5.74) is 1.73. The zero-order valence-electron chi connectivity index (χ0n) is 8.72. The van der Waals surface area contributed by atoms with Gasteiger partial charge in [-0.3, -0.25) is 0 Å². The number of aryl methyl sites for hydroxylation is 1. The predicted octanol–water partition coefficient (Wildman–Crippen LogP) is 2.98. The Bertz CT molecular complexity index is 312. The molecule has 0 aromatic heterocycles. The van der Waals surface area contributed by atoms with E-state index in [1.807, 2.05) is 25.1 Å². The molecule has 0 aliphatic rings. The minimum atomic E-state index is -0.166. The van der Waals surface area contributed by atoms with E-state index in [0.29, 0.717) is 11.4 Å². The van der Waals surface area contributed by atoms with E-state index in [0.717, 1.165) is 5.56 Å². The van der Waals surface area contributed by atoms with Crippen LogP contribution in [0, 0.1) is 12.7 Å². The molecular formula is C11H15ClFN. The van der Waals surface area contributed by atoms with Gasteiger partial charge in [-0.25, -0.2) is 4.39 Å². The average molecular weight is 216 g/mol. The predicted molar refractivity (Wildman–Crippen MR) is 58.3 cm³/mol. The Labute approximate surface area is 89.5 Å². The van der Waals surface area contributed by atoms with Crippen LogP contribution in [0.4, 0.5) is 4.39 Å². The van der Waals surface area contributed by atoms with Crippen molar-refractivity contribution in [2.24, 2.45) is 0 Å². The average Bonchev–Trinajstić information content (AvgIpc) is 2.11. The van der Waals surface area contributed by atoms with Crippen molar-refractivity contribution in [1.82, 2.24) is 4.90 Å². The molecule has 0 N–H and O–H groups in total. The second kappa shape index (κ2) is 4.76. The topological polar surface area (TPSA) is 3.24 Å². The number of hydrogen-bond donors (Lipinski definition) is 0. The van der Waals surface area contributed by atoms with E-state index >= 15 is 0 Å². The SMILES string of the molecule is Cc1cc(C(CCl)N(C)C)ccc1F. The summed E-state index contributed by atoms with van der Waals surface area (Å²) in [4.78, 5) is 2.03. The fourth-order valence-corrected chi connectivity index (χ4v) is 1.85. The molecule has 0 radical (unpaired) electrons. The first-order chi connectivity index (χ1) is 6.56. The summed E-state index contributed by atoms with van der Waals surface area (Å²) >= 11 is 5.85. The van der Waals surface area contributed by atoms with Gasteiger partial charge in [0.2, 0.25) is 0 Å². The molecule has 0 heterocycles. The molecule has 1 aromatic carbocycles. The number of hydrogen-bond acceptors (Lipinski definition) is 1. The highest BCUT2D eigenvalue weighted by atomic mass is 35.5. The van der Waals surface area contributed by atoms with Gasteiger partial charge in [-0.1, -0.05) is 12.1 Å². The van der Waals surface area contributed by atoms with E-state index in [2.05, 4.69) is 0 Å². The van der Waals surface area contributed by atoms with Crippen molar-refractivity contribution in [3.05, 3.63) is 35.1 Å². The molecule has 1 aromatic rings. The molecule has 14 heavy (non-hydrogen) atoms. The normalized spacial score (nSPS) is 13.3. The highest BCUT2D eigenvalue weighted by Crippen LogP contribution is 2.21. The quantitative estimate of drug-likeness (QED) is 0.701. The van der Waals surface area contributed by atoms with Gasteiger partial charge in [-0.05, 0) is 38.2 Å². The van der Waals surface area contributed by atoms with Crippen LogP contribution in [-0.2, 0) is 0 Å². The summed E-state index contributed by atoms with van der Waals surface area (Å²) in [7, 11) is 3.93. The molecular weight excluding hydrogens is 201 g/mol. The Morgan fingerprint density at radius 2 is 2.07 bits per heavy atom. The van der Waals surface area contributed by atoms with Crippen molar-refractivity contribution < 1.29 is 4.39 Å². The second-order valence-corrected chi connectivity index (χ2v) is 3.95. The van der Waals surface area contributed by atoms with Crippen LogP contribution >= 0.6 is 11.6 Å². The van der Waals surface area contributed by atoms with E-state index in [1.54, 1.807) is 13.0 Å². The summed E-state index contributed by atoms with van der Waals surface area (Å²) in [6.45, 7) is 1.76. The van der Waals surface area contributed by atoms with Crippen LogP contribution in [0.1, 0.15) is 17.2 Å². The molecule has 1 atom stereocenters. The zero-order valence-corrected chi connectivity index (χ0v) is 9.48. The van der Waals surface area contributed by atoms with Crippen molar-refractivity contribution in [2.45, 2.75) is 13.0 Å². The van der Waals surface area contributed by atoms with E-state index in [1.165, 1.54) is 6.07 Å². The smallest absolute Gasteiger partial charge is 0.126 e. The summed E-state index contributed by atoms with van der Waals surface area (Å²) in [5.74, 6) is 0.346. The lowest BCUT2D eigenvalue weighted by Gasteiger charge is -2.22. The van der Waals surface area contributed by atoms with Crippen molar-refractivity contribution in [1.29, 1.82) is 0 Å². The van der Waals surface area contributed by atoms with Crippen LogP contribution in [-0.4, -0.2) is 24.9 Å². The monoisotopic (exact) mass is 215 g/mol. The van der Waals surface area contributed by atoms with Gasteiger partial charge in [0.1, 0.15) is 5.82 Å². The fourth-order valence-electron chi connectivity index (χ4n) is 1.40. The number of alkyl halides is 1. The third-order valence-corrected chi connectivity index (χ3v) is 2.63. The largest absolute Gasteiger partial charge is 0.301 e.